The molecule has 3 heterocycles. The molecule has 1 saturated heterocycles. The molecule has 21 heavy (non-hydrogen) atoms. The number of rotatable bonds is 2. The lowest BCUT2D eigenvalue weighted by atomic mass is 10.1. The molecule has 1 atom stereocenters. The number of carboxylic acids is 1. The maximum Gasteiger partial charge on any atom is 0.326 e. The fraction of sp³-hybridized carbons (Fsp3) is 0.533. The number of thiophene rings is 1. The molecule has 4 rings (SSSR count). The van der Waals surface area contributed by atoms with E-state index in [0.29, 0.717) is 6.42 Å². The van der Waals surface area contributed by atoms with Crippen LogP contribution in [0.3, 0.4) is 0 Å². The summed E-state index contributed by atoms with van der Waals surface area (Å²) in [5, 5.41) is 10.6. The number of anilines is 1. The molecule has 1 fully saturated rings. The van der Waals surface area contributed by atoms with Gasteiger partial charge in [-0.2, -0.15) is 0 Å². The van der Waals surface area contributed by atoms with Gasteiger partial charge in [-0.3, -0.25) is 0 Å². The fourth-order valence-electron chi connectivity index (χ4n) is 3.57. The standard InChI is InChI=1S/C15H17N3O2S/c1-8-16-13(18-7-3-5-10(18)15(19)20)12-9-4-2-6-11(9)21-14(12)17-8/h10H,2-7H2,1H3,(H,19,20)/t10-/m1/s1. The third kappa shape index (κ3) is 1.92. The van der Waals surface area contributed by atoms with Crippen molar-refractivity contribution in [2.24, 2.45) is 0 Å². The van der Waals surface area contributed by atoms with E-state index in [-0.39, 0.29) is 0 Å². The van der Waals surface area contributed by atoms with Crippen LogP contribution in [-0.2, 0) is 17.6 Å². The van der Waals surface area contributed by atoms with Crippen LogP contribution in [-0.4, -0.2) is 33.6 Å². The highest BCUT2D eigenvalue weighted by Gasteiger charge is 2.34. The number of carboxylic acid groups (broad SMARTS) is 1. The summed E-state index contributed by atoms with van der Waals surface area (Å²) in [5.74, 6) is 0.832. The number of carbonyl (C=O) groups is 1. The molecular formula is C15H17N3O2S. The second kappa shape index (κ2) is 4.66. The molecular weight excluding hydrogens is 286 g/mol. The predicted octanol–water partition coefficient (Wildman–Crippen LogP) is 2.54. The van der Waals surface area contributed by atoms with Crippen molar-refractivity contribution in [1.82, 2.24) is 9.97 Å². The van der Waals surface area contributed by atoms with E-state index in [4.69, 9.17) is 0 Å². The monoisotopic (exact) mass is 303 g/mol. The van der Waals surface area contributed by atoms with Gasteiger partial charge in [0.25, 0.3) is 0 Å². The van der Waals surface area contributed by atoms with E-state index in [9.17, 15) is 9.90 Å². The molecule has 2 aromatic heterocycles. The molecule has 2 aliphatic rings. The lowest BCUT2D eigenvalue weighted by molar-refractivity contribution is -0.138. The van der Waals surface area contributed by atoms with Crippen molar-refractivity contribution in [1.29, 1.82) is 0 Å². The van der Waals surface area contributed by atoms with Gasteiger partial charge in [-0.15, -0.1) is 11.3 Å². The highest BCUT2D eigenvalue weighted by molar-refractivity contribution is 7.19. The van der Waals surface area contributed by atoms with Gasteiger partial charge in [-0.1, -0.05) is 0 Å². The Bertz CT molecular complexity index is 740. The summed E-state index contributed by atoms with van der Waals surface area (Å²) in [7, 11) is 0. The SMILES string of the molecule is Cc1nc(N2CCC[C@@H]2C(=O)O)c2c3c(sc2n1)CCC3. The minimum Gasteiger partial charge on any atom is -0.480 e. The van der Waals surface area contributed by atoms with Gasteiger partial charge in [0.1, 0.15) is 22.5 Å². The van der Waals surface area contributed by atoms with E-state index in [0.717, 1.165) is 47.7 Å². The van der Waals surface area contributed by atoms with Crippen LogP contribution in [0.25, 0.3) is 10.2 Å². The molecule has 1 aliphatic carbocycles. The normalized spacial score (nSPS) is 21.2. The largest absolute Gasteiger partial charge is 0.480 e. The van der Waals surface area contributed by atoms with E-state index in [1.54, 1.807) is 11.3 Å². The number of aromatic nitrogens is 2. The van der Waals surface area contributed by atoms with Crippen molar-refractivity contribution >= 4 is 33.3 Å². The van der Waals surface area contributed by atoms with Crippen LogP contribution in [0, 0.1) is 6.92 Å². The van der Waals surface area contributed by atoms with Gasteiger partial charge >= 0.3 is 5.97 Å². The number of aliphatic carboxylic acids is 1. The van der Waals surface area contributed by atoms with E-state index in [1.165, 1.54) is 16.9 Å². The van der Waals surface area contributed by atoms with E-state index < -0.39 is 12.0 Å². The van der Waals surface area contributed by atoms with Crippen LogP contribution >= 0.6 is 11.3 Å². The van der Waals surface area contributed by atoms with Gasteiger partial charge < -0.3 is 10.0 Å². The maximum atomic E-state index is 11.5. The Hall–Kier alpha value is -1.69. The molecule has 6 heteroatoms. The van der Waals surface area contributed by atoms with Gasteiger partial charge in [0, 0.05) is 11.4 Å². The van der Waals surface area contributed by atoms with Crippen molar-refractivity contribution < 1.29 is 9.90 Å². The molecule has 0 unspecified atom stereocenters. The Morgan fingerprint density at radius 3 is 3.00 bits per heavy atom. The molecule has 0 aromatic carbocycles. The van der Waals surface area contributed by atoms with E-state index in [1.807, 2.05) is 11.8 Å². The van der Waals surface area contributed by atoms with Crippen LogP contribution in [0.15, 0.2) is 0 Å². The Morgan fingerprint density at radius 2 is 2.19 bits per heavy atom. The summed E-state index contributed by atoms with van der Waals surface area (Å²) in [6.45, 7) is 2.66. The van der Waals surface area contributed by atoms with E-state index in [2.05, 4.69) is 9.97 Å². The predicted molar refractivity (Wildman–Crippen MR) is 82.2 cm³/mol. The lowest BCUT2D eigenvalue weighted by Gasteiger charge is -2.23. The number of aryl methyl sites for hydroxylation is 3. The Kier molecular flexibility index (Phi) is 2.89. The minimum atomic E-state index is -0.746. The first-order valence-corrected chi connectivity index (χ1v) is 8.25. The topological polar surface area (TPSA) is 66.3 Å². The van der Waals surface area contributed by atoms with Gasteiger partial charge in [0.15, 0.2) is 0 Å². The molecule has 1 N–H and O–H groups in total. The van der Waals surface area contributed by atoms with Crippen molar-refractivity contribution in [3.63, 3.8) is 0 Å². The Labute approximate surface area is 126 Å². The Balaban J connectivity index is 1.93. The first-order valence-electron chi connectivity index (χ1n) is 7.43. The summed E-state index contributed by atoms with van der Waals surface area (Å²) in [5.41, 5.74) is 1.36. The molecule has 2 aromatic rings. The average Bonchev–Trinajstić information content (AvgIpc) is 3.11. The zero-order valence-electron chi connectivity index (χ0n) is 11.9. The third-order valence-electron chi connectivity index (χ3n) is 4.47. The third-order valence-corrected chi connectivity index (χ3v) is 5.65. The van der Waals surface area contributed by atoms with Crippen molar-refractivity contribution in [3.05, 3.63) is 16.3 Å². The summed E-state index contributed by atoms with van der Waals surface area (Å²) in [6, 6.07) is -0.445. The Morgan fingerprint density at radius 1 is 1.33 bits per heavy atom. The van der Waals surface area contributed by atoms with Crippen LogP contribution in [0.1, 0.15) is 35.5 Å². The van der Waals surface area contributed by atoms with Crippen molar-refractivity contribution in [3.8, 4) is 0 Å². The van der Waals surface area contributed by atoms with Crippen LogP contribution < -0.4 is 4.90 Å². The highest BCUT2D eigenvalue weighted by atomic mass is 32.1. The zero-order chi connectivity index (χ0) is 14.6. The second-order valence-corrected chi connectivity index (χ2v) is 6.91. The van der Waals surface area contributed by atoms with Gasteiger partial charge in [0.05, 0.1) is 5.39 Å². The first-order chi connectivity index (χ1) is 10.1. The number of nitrogens with zero attached hydrogens (tertiary/aromatic N) is 3. The summed E-state index contributed by atoms with van der Waals surface area (Å²) >= 11 is 1.76. The van der Waals surface area contributed by atoms with Gasteiger partial charge in [-0.25, -0.2) is 14.8 Å². The van der Waals surface area contributed by atoms with Crippen molar-refractivity contribution in [2.75, 3.05) is 11.4 Å². The van der Waals surface area contributed by atoms with Gasteiger partial charge in [-0.05, 0) is 44.6 Å². The molecule has 0 amide bonds. The molecule has 0 spiro atoms. The molecule has 0 bridgehead atoms. The maximum absolute atomic E-state index is 11.5. The van der Waals surface area contributed by atoms with Crippen molar-refractivity contribution in [2.45, 2.75) is 45.1 Å². The molecule has 5 nitrogen and oxygen atoms in total. The molecule has 0 radical (unpaired) electrons. The smallest absolute Gasteiger partial charge is 0.326 e. The van der Waals surface area contributed by atoms with Crippen LogP contribution in [0.2, 0.25) is 0 Å². The van der Waals surface area contributed by atoms with Crippen LogP contribution in [0.4, 0.5) is 5.82 Å². The van der Waals surface area contributed by atoms with E-state index >= 15 is 0 Å². The quantitative estimate of drug-likeness (QED) is 0.923. The summed E-state index contributed by atoms with van der Waals surface area (Å²) in [6.07, 6.45) is 4.99. The number of fused-ring (bicyclic) bond motifs is 3. The van der Waals surface area contributed by atoms with Gasteiger partial charge in [0.2, 0.25) is 0 Å². The zero-order valence-corrected chi connectivity index (χ0v) is 12.7. The first kappa shape index (κ1) is 13.0. The average molecular weight is 303 g/mol. The number of hydrogen-bond acceptors (Lipinski definition) is 5. The summed E-state index contributed by atoms with van der Waals surface area (Å²) < 4.78 is 0. The highest BCUT2D eigenvalue weighted by Crippen LogP contribution is 2.41. The number of hydrogen-bond donors (Lipinski definition) is 1. The molecule has 0 saturated carbocycles. The van der Waals surface area contributed by atoms with Crippen LogP contribution in [0.5, 0.6) is 0 Å². The summed E-state index contributed by atoms with van der Waals surface area (Å²) in [4.78, 5) is 25.1. The second-order valence-electron chi connectivity index (χ2n) is 5.82. The minimum absolute atomic E-state index is 0.445. The molecule has 1 aliphatic heterocycles. The molecule has 110 valence electrons. The fourth-order valence-corrected chi connectivity index (χ4v) is 4.87. The lowest BCUT2D eigenvalue weighted by Crippen LogP contribution is -2.36.